The number of esters is 1. The molecule has 0 spiro atoms. The summed E-state index contributed by atoms with van der Waals surface area (Å²) in [6.45, 7) is 3.60. The smallest absolute Gasteiger partial charge is 0.328 e. The Morgan fingerprint density at radius 3 is 2.70 bits per heavy atom. The number of ether oxygens (including phenoxy) is 2. The third-order valence-corrected chi connectivity index (χ3v) is 3.47. The molecule has 1 aromatic heterocycles. The van der Waals surface area contributed by atoms with E-state index in [0.717, 1.165) is 16.5 Å². The summed E-state index contributed by atoms with van der Waals surface area (Å²) in [5, 5.41) is 3.70. The second kappa shape index (κ2) is 7.78. The zero-order valence-corrected chi connectivity index (χ0v) is 13.6. The zero-order chi connectivity index (χ0) is 16.8. The van der Waals surface area contributed by atoms with E-state index in [4.69, 9.17) is 9.47 Å². The molecule has 0 fully saturated rings. The Kier molecular flexibility index (Phi) is 5.76. The molecule has 0 radical (unpaired) electrons. The first-order valence-electron chi connectivity index (χ1n) is 7.55. The number of rotatable bonds is 7. The highest BCUT2D eigenvalue weighted by molar-refractivity contribution is 5.87. The van der Waals surface area contributed by atoms with Crippen molar-refractivity contribution in [3.8, 4) is 0 Å². The summed E-state index contributed by atoms with van der Waals surface area (Å²) in [6, 6.07) is 7.05. The van der Waals surface area contributed by atoms with Crippen LogP contribution in [-0.4, -0.2) is 42.7 Å². The first-order valence-corrected chi connectivity index (χ1v) is 7.55. The fraction of sp³-hybridized carbons (Fsp3) is 0.412. The predicted molar refractivity (Wildman–Crippen MR) is 87.0 cm³/mol. The van der Waals surface area contributed by atoms with Gasteiger partial charge < -0.3 is 19.8 Å². The van der Waals surface area contributed by atoms with Crippen molar-refractivity contribution in [3.63, 3.8) is 0 Å². The third-order valence-electron chi connectivity index (χ3n) is 3.47. The number of carbonyl (C=O) groups excluding carboxylic acids is 2. The van der Waals surface area contributed by atoms with E-state index in [-0.39, 0.29) is 18.6 Å². The zero-order valence-electron chi connectivity index (χ0n) is 13.6. The number of hydrogen-bond donors (Lipinski definition) is 2. The van der Waals surface area contributed by atoms with Gasteiger partial charge in [-0.15, -0.1) is 0 Å². The molecule has 1 amide bonds. The maximum atomic E-state index is 12.0. The lowest BCUT2D eigenvalue weighted by molar-refractivity contribution is -0.145. The third kappa shape index (κ3) is 4.56. The van der Waals surface area contributed by atoms with Gasteiger partial charge in [0, 0.05) is 23.5 Å². The summed E-state index contributed by atoms with van der Waals surface area (Å²) in [5.74, 6) is -0.817. The maximum Gasteiger partial charge on any atom is 0.328 e. The van der Waals surface area contributed by atoms with Crippen LogP contribution < -0.4 is 5.32 Å². The van der Waals surface area contributed by atoms with Crippen molar-refractivity contribution in [2.24, 2.45) is 0 Å². The van der Waals surface area contributed by atoms with Crippen molar-refractivity contribution in [2.75, 3.05) is 13.7 Å². The Labute approximate surface area is 135 Å². The highest BCUT2D eigenvalue weighted by Crippen LogP contribution is 2.19. The molecule has 0 saturated carbocycles. The van der Waals surface area contributed by atoms with Gasteiger partial charge in [0.15, 0.2) is 0 Å². The molecular formula is C17H22N2O4. The lowest BCUT2D eigenvalue weighted by Crippen LogP contribution is -2.44. The van der Waals surface area contributed by atoms with E-state index >= 15 is 0 Å². The number of para-hydroxylation sites is 1. The minimum atomic E-state index is -0.748. The van der Waals surface area contributed by atoms with Gasteiger partial charge >= 0.3 is 5.97 Å². The minimum absolute atomic E-state index is 0.0501. The van der Waals surface area contributed by atoms with E-state index in [1.54, 1.807) is 0 Å². The van der Waals surface area contributed by atoms with E-state index in [9.17, 15) is 9.59 Å². The van der Waals surface area contributed by atoms with Gasteiger partial charge in [0.2, 0.25) is 5.91 Å². The fourth-order valence-corrected chi connectivity index (χ4v) is 2.33. The van der Waals surface area contributed by atoms with Crippen LogP contribution in [0.5, 0.6) is 0 Å². The van der Waals surface area contributed by atoms with E-state index in [1.807, 2.05) is 44.3 Å². The average Bonchev–Trinajstić information content (AvgIpc) is 2.95. The standard InChI is InChI=1S/C17H22N2O4/c1-11(2)23-10-16(20)19-15(17(21)22-3)8-12-9-18-14-7-5-4-6-13(12)14/h4-7,9,11,15,18H,8,10H2,1-3H3,(H,19,20)/t15-/m0/s1. The number of carbonyl (C=O) groups is 2. The molecular weight excluding hydrogens is 296 g/mol. The molecule has 1 aromatic carbocycles. The van der Waals surface area contributed by atoms with Crippen LogP contribution in [-0.2, 0) is 25.5 Å². The summed E-state index contributed by atoms with van der Waals surface area (Å²) in [4.78, 5) is 27.0. The highest BCUT2D eigenvalue weighted by Gasteiger charge is 2.23. The number of fused-ring (bicyclic) bond motifs is 1. The topological polar surface area (TPSA) is 80.4 Å². The molecule has 0 aliphatic rings. The van der Waals surface area contributed by atoms with Crippen LogP contribution in [0.1, 0.15) is 19.4 Å². The predicted octanol–water partition coefficient (Wildman–Crippen LogP) is 1.79. The van der Waals surface area contributed by atoms with E-state index in [1.165, 1.54) is 7.11 Å². The van der Waals surface area contributed by atoms with Gasteiger partial charge in [-0.1, -0.05) is 18.2 Å². The minimum Gasteiger partial charge on any atom is -0.467 e. The molecule has 6 nitrogen and oxygen atoms in total. The molecule has 124 valence electrons. The molecule has 0 aliphatic heterocycles. The Balaban J connectivity index is 2.09. The fourth-order valence-electron chi connectivity index (χ4n) is 2.33. The van der Waals surface area contributed by atoms with Crippen molar-refractivity contribution in [2.45, 2.75) is 32.4 Å². The average molecular weight is 318 g/mol. The van der Waals surface area contributed by atoms with E-state index in [0.29, 0.717) is 6.42 Å². The first kappa shape index (κ1) is 17.0. The molecule has 1 atom stereocenters. The molecule has 2 aromatic rings. The molecule has 6 heteroatoms. The van der Waals surface area contributed by atoms with Gasteiger partial charge in [-0.2, -0.15) is 0 Å². The van der Waals surface area contributed by atoms with Gasteiger partial charge in [-0.05, 0) is 25.5 Å². The molecule has 2 rings (SSSR count). The normalized spacial score (nSPS) is 12.3. The lowest BCUT2D eigenvalue weighted by Gasteiger charge is -2.17. The van der Waals surface area contributed by atoms with Crippen LogP contribution in [0.15, 0.2) is 30.5 Å². The Hall–Kier alpha value is -2.34. The molecule has 0 unspecified atom stereocenters. The van der Waals surface area contributed by atoms with Gasteiger partial charge in [0.05, 0.1) is 13.2 Å². The number of hydrogen-bond acceptors (Lipinski definition) is 4. The second-order valence-corrected chi connectivity index (χ2v) is 5.57. The van der Waals surface area contributed by atoms with Gasteiger partial charge in [0.1, 0.15) is 12.6 Å². The van der Waals surface area contributed by atoms with Crippen LogP contribution in [0.3, 0.4) is 0 Å². The molecule has 0 bridgehead atoms. The van der Waals surface area contributed by atoms with E-state index in [2.05, 4.69) is 10.3 Å². The van der Waals surface area contributed by atoms with Crippen LogP contribution in [0.2, 0.25) is 0 Å². The van der Waals surface area contributed by atoms with Crippen LogP contribution in [0, 0.1) is 0 Å². The molecule has 2 N–H and O–H groups in total. The van der Waals surface area contributed by atoms with Gasteiger partial charge in [0.25, 0.3) is 0 Å². The van der Waals surface area contributed by atoms with Gasteiger partial charge in [-0.25, -0.2) is 4.79 Å². The summed E-state index contributed by atoms with van der Waals surface area (Å²) in [5.41, 5.74) is 1.93. The quantitative estimate of drug-likeness (QED) is 0.763. The number of methoxy groups -OCH3 is 1. The molecule has 0 aliphatic carbocycles. The highest BCUT2D eigenvalue weighted by atomic mass is 16.5. The number of aromatic nitrogens is 1. The largest absolute Gasteiger partial charge is 0.467 e. The van der Waals surface area contributed by atoms with Crippen molar-refractivity contribution >= 4 is 22.8 Å². The lowest BCUT2D eigenvalue weighted by atomic mass is 10.0. The first-order chi connectivity index (χ1) is 11.0. The van der Waals surface area contributed by atoms with Crippen molar-refractivity contribution < 1.29 is 19.1 Å². The molecule has 0 saturated heterocycles. The van der Waals surface area contributed by atoms with Gasteiger partial charge in [-0.3, -0.25) is 4.79 Å². The van der Waals surface area contributed by atoms with E-state index < -0.39 is 12.0 Å². The maximum absolute atomic E-state index is 12.0. The summed E-state index contributed by atoms with van der Waals surface area (Å²) in [6.07, 6.45) is 2.15. The van der Waals surface area contributed by atoms with Crippen LogP contribution >= 0.6 is 0 Å². The van der Waals surface area contributed by atoms with Crippen molar-refractivity contribution in [3.05, 3.63) is 36.0 Å². The summed E-state index contributed by atoms with van der Waals surface area (Å²) < 4.78 is 10.0. The van der Waals surface area contributed by atoms with Crippen LogP contribution in [0.4, 0.5) is 0 Å². The SMILES string of the molecule is COC(=O)[C@H](Cc1c[nH]c2ccccc12)NC(=O)COC(C)C. The molecule has 23 heavy (non-hydrogen) atoms. The van der Waals surface area contributed by atoms with Crippen molar-refractivity contribution in [1.29, 1.82) is 0 Å². The number of benzene rings is 1. The van der Waals surface area contributed by atoms with Crippen LogP contribution in [0.25, 0.3) is 10.9 Å². The van der Waals surface area contributed by atoms with Crippen molar-refractivity contribution in [1.82, 2.24) is 10.3 Å². The number of aromatic amines is 1. The Morgan fingerprint density at radius 2 is 2.00 bits per heavy atom. The Bertz CT molecular complexity index is 678. The monoisotopic (exact) mass is 318 g/mol. The Morgan fingerprint density at radius 1 is 1.26 bits per heavy atom. The molecule has 1 heterocycles. The number of nitrogens with one attached hydrogen (secondary N) is 2. The number of amides is 1. The second-order valence-electron chi connectivity index (χ2n) is 5.57. The number of H-pyrrole nitrogens is 1. The summed E-state index contributed by atoms with van der Waals surface area (Å²) in [7, 11) is 1.31. The summed E-state index contributed by atoms with van der Waals surface area (Å²) >= 11 is 0.